The Bertz CT molecular complexity index is 1050. The zero-order chi connectivity index (χ0) is 23.8. The van der Waals surface area contributed by atoms with Crippen molar-refractivity contribution in [3.63, 3.8) is 0 Å². The van der Waals surface area contributed by atoms with E-state index in [9.17, 15) is 24.6 Å². The second-order valence-corrected chi connectivity index (χ2v) is 9.76. The number of urea groups is 1. The normalized spacial score (nSPS) is 35.0. The Hall–Kier alpha value is -2.81. The van der Waals surface area contributed by atoms with Gasteiger partial charge >= 0.3 is 12.1 Å². The molecular formula is C24H31N3O6. The van der Waals surface area contributed by atoms with E-state index < -0.39 is 28.7 Å². The highest BCUT2D eigenvalue weighted by atomic mass is 16.5. The summed E-state index contributed by atoms with van der Waals surface area (Å²) in [5, 5.41) is 22.2. The van der Waals surface area contributed by atoms with Crippen LogP contribution in [0.1, 0.15) is 50.7 Å². The quantitative estimate of drug-likeness (QED) is 0.674. The molecule has 9 heteroatoms. The van der Waals surface area contributed by atoms with Crippen molar-refractivity contribution in [2.45, 2.75) is 68.5 Å². The predicted molar refractivity (Wildman–Crippen MR) is 118 cm³/mol. The van der Waals surface area contributed by atoms with E-state index in [1.807, 2.05) is 25.1 Å². The number of likely N-dealkylation sites (tertiary alicyclic amines) is 1. The number of carboxylic acid groups (broad SMARTS) is 1. The number of aliphatic hydroxyl groups is 1. The van der Waals surface area contributed by atoms with Gasteiger partial charge in [0.15, 0.2) is 0 Å². The van der Waals surface area contributed by atoms with E-state index in [-0.39, 0.29) is 31.3 Å². The van der Waals surface area contributed by atoms with Gasteiger partial charge in [-0.3, -0.25) is 9.69 Å². The van der Waals surface area contributed by atoms with Crippen molar-refractivity contribution in [2.75, 3.05) is 26.7 Å². The molecule has 2 bridgehead atoms. The minimum atomic E-state index is -1.34. The maximum absolute atomic E-state index is 13.7. The van der Waals surface area contributed by atoms with Crippen LogP contribution in [-0.2, 0) is 16.6 Å². The lowest BCUT2D eigenvalue weighted by Crippen LogP contribution is -2.76. The standard InChI is InChI=1S/C24H31N3O6/c1-4-25-19(28)23(27(5-2)20(25)29)8-9-24(32)18-12-15-6-7-16(33-3)13-17(15)22(24,14-23)10-11-26(18)21(30)31/h6-7,13,18,32H,4-5,8-12,14H2,1-3H3,(H,30,31)/t18-,22-,23+,24-/m1/s1. The minimum Gasteiger partial charge on any atom is -0.497 e. The Morgan fingerprint density at radius 3 is 2.58 bits per heavy atom. The maximum atomic E-state index is 13.7. The van der Waals surface area contributed by atoms with Crippen molar-refractivity contribution >= 4 is 18.0 Å². The molecule has 9 nitrogen and oxygen atoms in total. The highest BCUT2D eigenvalue weighted by Crippen LogP contribution is 2.62. The first-order chi connectivity index (χ1) is 15.7. The molecule has 2 N–H and O–H groups in total. The molecule has 0 aromatic heterocycles. The Labute approximate surface area is 192 Å². The maximum Gasteiger partial charge on any atom is 0.407 e. The lowest BCUT2D eigenvalue weighted by molar-refractivity contribution is -0.182. The number of methoxy groups -OCH3 is 1. The monoisotopic (exact) mass is 457 g/mol. The van der Waals surface area contributed by atoms with Crippen LogP contribution in [0.4, 0.5) is 9.59 Å². The summed E-state index contributed by atoms with van der Waals surface area (Å²) in [6.07, 6.45) is 0.560. The fourth-order valence-corrected chi connectivity index (χ4v) is 7.29. The first kappa shape index (κ1) is 22.0. The van der Waals surface area contributed by atoms with Gasteiger partial charge < -0.3 is 24.7 Å². The Kier molecular flexibility index (Phi) is 4.73. The minimum absolute atomic E-state index is 0.208. The lowest BCUT2D eigenvalue weighted by Gasteiger charge is -2.65. The van der Waals surface area contributed by atoms with Crippen LogP contribution in [0.2, 0.25) is 0 Å². The van der Waals surface area contributed by atoms with Crippen LogP contribution in [0, 0.1) is 0 Å². The van der Waals surface area contributed by atoms with E-state index >= 15 is 0 Å². The molecular weight excluding hydrogens is 426 g/mol. The largest absolute Gasteiger partial charge is 0.497 e. The zero-order valence-corrected chi connectivity index (χ0v) is 19.3. The van der Waals surface area contributed by atoms with Crippen LogP contribution >= 0.6 is 0 Å². The number of amides is 4. The fraction of sp³-hybridized carbons (Fsp3) is 0.625. The molecule has 1 aromatic rings. The molecule has 2 aliphatic carbocycles. The van der Waals surface area contributed by atoms with E-state index in [0.717, 1.165) is 11.1 Å². The summed E-state index contributed by atoms with van der Waals surface area (Å²) in [5.74, 6) is 0.445. The summed E-state index contributed by atoms with van der Waals surface area (Å²) in [6, 6.07) is 4.83. The topological polar surface area (TPSA) is 111 Å². The van der Waals surface area contributed by atoms with Gasteiger partial charge in [0.05, 0.1) is 18.8 Å². The van der Waals surface area contributed by atoms with Gasteiger partial charge in [0.2, 0.25) is 0 Å². The SMILES string of the molecule is CCN1C(=O)N(CC)[C@]2(CC[C@@]3(O)[C@H]4Cc5ccc(OC)cc5[C@@]3(CCN4C(=O)O)C2)C1=O. The van der Waals surface area contributed by atoms with Gasteiger partial charge in [0.25, 0.3) is 5.91 Å². The second kappa shape index (κ2) is 7.09. The van der Waals surface area contributed by atoms with Gasteiger partial charge in [-0.05, 0) is 69.2 Å². The van der Waals surface area contributed by atoms with Crippen molar-refractivity contribution in [3.05, 3.63) is 29.3 Å². The second-order valence-electron chi connectivity index (χ2n) is 9.76. The van der Waals surface area contributed by atoms with E-state index in [4.69, 9.17) is 4.74 Å². The number of likely N-dealkylation sites (N-methyl/N-ethyl adjacent to an activating group) is 2. The molecule has 1 spiro atoms. The molecule has 1 saturated carbocycles. The van der Waals surface area contributed by atoms with E-state index in [1.165, 1.54) is 9.80 Å². The molecule has 178 valence electrons. The number of hydrogen-bond acceptors (Lipinski definition) is 5. The van der Waals surface area contributed by atoms with Gasteiger partial charge in [-0.25, -0.2) is 9.59 Å². The number of piperidine rings is 1. The number of fused-ring (bicyclic) bond motifs is 1. The lowest BCUT2D eigenvalue weighted by atomic mass is 9.46. The van der Waals surface area contributed by atoms with Crippen LogP contribution in [-0.4, -0.2) is 86.9 Å². The molecule has 5 rings (SSSR count). The van der Waals surface area contributed by atoms with Gasteiger partial charge in [0, 0.05) is 25.0 Å². The average Bonchev–Trinajstić information content (AvgIpc) is 2.98. The van der Waals surface area contributed by atoms with Gasteiger partial charge in [0.1, 0.15) is 11.3 Å². The first-order valence-electron chi connectivity index (χ1n) is 11.7. The molecule has 2 heterocycles. The van der Waals surface area contributed by atoms with Crippen LogP contribution in [0.25, 0.3) is 0 Å². The third-order valence-corrected chi connectivity index (χ3v) is 8.80. The Balaban J connectivity index is 1.72. The summed E-state index contributed by atoms with van der Waals surface area (Å²) in [5.41, 5.74) is -1.37. The average molecular weight is 458 g/mol. The van der Waals surface area contributed by atoms with Gasteiger partial charge in [-0.15, -0.1) is 0 Å². The molecule has 0 unspecified atom stereocenters. The van der Waals surface area contributed by atoms with Crippen molar-refractivity contribution in [1.29, 1.82) is 0 Å². The van der Waals surface area contributed by atoms with Gasteiger partial charge in [-0.2, -0.15) is 0 Å². The molecule has 1 aromatic carbocycles. The number of ether oxygens (including phenoxy) is 1. The summed E-state index contributed by atoms with van der Waals surface area (Å²) < 4.78 is 5.49. The highest BCUT2D eigenvalue weighted by molar-refractivity contribution is 6.07. The van der Waals surface area contributed by atoms with Gasteiger partial charge in [-0.1, -0.05) is 6.07 Å². The molecule has 2 saturated heterocycles. The number of nitrogens with zero attached hydrogens (tertiary/aromatic N) is 3. The number of benzene rings is 1. The van der Waals surface area contributed by atoms with Crippen molar-refractivity contribution in [1.82, 2.24) is 14.7 Å². The number of carbonyl (C=O) groups excluding carboxylic acids is 2. The van der Waals surface area contributed by atoms with E-state index in [0.29, 0.717) is 38.1 Å². The van der Waals surface area contributed by atoms with Crippen molar-refractivity contribution < 1.29 is 29.3 Å². The summed E-state index contributed by atoms with van der Waals surface area (Å²) in [4.78, 5) is 43.2. The molecule has 3 fully saturated rings. The number of carbonyl (C=O) groups is 3. The molecule has 33 heavy (non-hydrogen) atoms. The van der Waals surface area contributed by atoms with Crippen LogP contribution in [0.15, 0.2) is 18.2 Å². The van der Waals surface area contributed by atoms with E-state index in [1.54, 1.807) is 18.9 Å². The van der Waals surface area contributed by atoms with Crippen LogP contribution in [0.5, 0.6) is 5.75 Å². The summed E-state index contributed by atoms with van der Waals surface area (Å²) >= 11 is 0. The molecule has 4 amide bonds. The third kappa shape index (κ3) is 2.54. The molecule has 2 aliphatic heterocycles. The summed E-state index contributed by atoms with van der Waals surface area (Å²) in [7, 11) is 1.59. The fourth-order valence-electron chi connectivity index (χ4n) is 7.29. The Morgan fingerprint density at radius 1 is 1.18 bits per heavy atom. The van der Waals surface area contributed by atoms with Crippen molar-refractivity contribution in [2.24, 2.45) is 0 Å². The van der Waals surface area contributed by atoms with Crippen LogP contribution in [0.3, 0.4) is 0 Å². The number of hydrogen-bond donors (Lipinski definition) is 2. The van der Waals surface area contributed by atoms with Crippen LogP contribution < -0.4 is 4.74 Å². The zero-order valence-electron chi connectivity index (χ0n) is 19.3. The first-order valence-corrected chi connectivity index (χ1v) is 11.7. The predicted octanol–water partition coefficient (Wildman–Crippen LogP) is 2.20. The third-order valence-electron chi connectivity index (χ3n) is 8.80. The number of rotatable bonds is 3. The Morgan fingerprint density at radius 2 is 1.94 bits per heavy atom. The molecule has 4 aliphatic rings. The van der Waals surface area contributed by atoms with Crippen molar-refractivity contribution in [3.8, 4) is 5.75 Å². The number of imide groups is 1. The smallest absolute Gasteiger partial charge is 0.407 e. The summed E-state index contributed by atoms with van der Waals surface area (Å²) in [6.45, 7) is 4.62. The van der Waals surface area contributed by atoms with E-state index in [2.05, 4.69) is 0 Å². The molecule has 4 atom stereocenters. The molecule has 0 radical (unpaired) electrons. The highest BCUT2D eigenvalue weighted by Gasteiger charge is 2.72.